The van der Waals surface area contributed by atoms with E-state index in [9.17, 15) is 4.39 Å². The fourth-order valence-electron chi connectivity index (χ4n) is 2.32. The zero-order chi connectivity index (χ0) is 13.8. The van der Waals surface area contributed by atoms with Crippen molar-refractivity contribution in [1.29, 1.82) is 5.26 Å². The maximum absolute atomic E-state index is 13.8. The van der Waals surface area contributed by atoms with Crippen LogP contribution in [0.1, 0.15) is 13.3 Å². The molecule has 1 aliphatic heterocycles. The monoisotopic (exact) mass is 282 g/mol. The van der Waals surface area contributed by atoms with Crippen LogP contribution in [0.4, 0.5) is 10.2 Å². The summed E-state index contributed by atoms with van der Waals surface area (Å²) in [5.74, 6) is -0.0534. The minimum Gasteiger partial charge on any atom is -0.352 e. The second-order valence-electron chi connectivity index (χ2n) is 4.54. The van der Waals surface area contributed by atoms with Crippen LogP contribution in [0.2, 0.25) is 5.02 Å². The quantitative estimate of drug-likeness (QED) is 0.853. The highest BCUT2D eigenvalue weighted by molar-refractivity contribution is 6.30. The van der Waals surface area contributed by atoms with Gasteiger partial charge in [-0.1, -0.05) is 18.5 Å². The van der Waals surface area contributed by atoms with E-state index < -0.39 is 5.82 Å². The molecule has 19 heavy (non-hydrogen) atoms. The Balaban J connectivity index is 2.02. The van der Waals surface area contributed by atoms with Crippen molar-refractivity contribution in [2.24, 2.45) is 0 Å². The third kappa shape index (κ3) is 3.14. The lowest BCUT2D eigenvalue weighted by Crippen LogP contribution is -2.50. The van der Waals surface area contributed by atoms with Crippen LogP contribution in [-0.4, -0.2) is 42.1 Å². The molecule has 1 saturated heterocycles. The zero-order valence-electron chi connectivity index (χ0n) is 10.8. The van der Waals surface area contributed by atoms with Crippen LogP contribution in [0, 0.1) is 17.1 Å². The highest BCUT2D eigenvalue weighted by Gasteiger charge is 2.24. The molecule has 2 rings (SSSR count). The van der Waals surface area contributed by atoms with E-state index in [0.717, 1.165) is 19.5 Å². The van der Waals surface area contributed by atoms with Crippen molar-refractivity contribution in [2.75, 3.05) is 31.1 Å². The van der Waals surface area contributed by atoms with Crippen molar-refractivity contribution < 1.29 is 4.39 Å². The smallest absolute Gasteiger partial charge is 0.167 e. The first-order chi connectivity index (χ1) is 9.15. The van der Waals surface area contributed by atoms with Gasteiger partial charge in [0.05, 0.1) is 17.1 Å². The Labute approximate surface area is 117 Å². The maximum atomic E-state index is 13.8. The molecule has 0 aromatic carbocycles. The fraction of sp³-hybridized carbons (Fsp3) is 0.538. The zero-order valence-corrected chi connectivity index (χ0v) is 11.6. The van der Waals surface area contributed by atoms with Crippen LogP contribution in [-0.2, 0) is 0 Å². The summed E-state index contributed by atoms with van der Waals surface area (Å²) < 4.78 is 13.8. The molecule has 1 fully saturated rings. The SMILES string of the molecule is CCC(C#N)N1CCN(c2ncc(Cl)cc2F)CC1. The predicted octanol–water partition coefficient (Wildman–Crippen LogP) is 2.30. The van der Waals surface area contributed by atoms with Gasteiger partial charge in [0, 0.05) is 32.4 Å². The molecule has 0 amide bonds. The number of piperazine rings is 1. The standard InChI is InChI=1S/C13H16ClFN4/c1-2-11(8-16)18-3-5-19(6-4-18)13-12(15)7-10(14)9-17-13/h7,9,11H,2-6H2,1H3. The maximum Gasteiger partial charge on any atom is 0.167 e. The highest BCUT2D eigenvalue weighted by atomic mass is 35.5. The highest BCUT2D eigenvalue weighted by Crippen LogP contribution is 2.21. The van der Waals surface area contributed by atoms with Crippen molar-refractivity contribution in [2.45, 2.75) is 19.4 Å². The summed E-state index contributed by atoms with van der Waals surface area (Å²) in [7, 11) is 0. The molecule has 0 bridgehead atoms. The first kappa shape index (κ1) is 14.0. The summed E-state index contributed by atoms with van der Waals surface area (Å²) >= 11 is 5.69. The van der Waals surface area contributed by atoms with Gasteiger partial charge in [-0.3, -0.25) is 4.90 Å². The Morgan fingerprint density at radius 1 is 1.47 bits per heavy atom. The Kier molecular flexibility index (Phi) is 4.56. The fourth-order valence-corrected chi connectivity index (χ4v) is 2.46. The van der Waals surface area contributed by atoms with Gasteiger partial charge >= 0.3 is 0 Å². The van der Waals surface area contributed by atoms with Gasteiger partial charge in [-0.15, -0.1) is 0 Å². The number of aromatic nitrogens is 1. The van der Waals surface area contributed by atoms with Crippen molar-refractivity contribution in [3.8, 4) is 6.07 Å². The summed E-state index contributed by atoms with van der Waals surface area (Å²) in [6.45, 7) is 4.83. The number of pyridine rings is 1. The van der Waals surface area contributed by atoms with Crippen LogP contribution in [0.25, 0.3) is 0 Å². The third-order valence-corrected chi connectivity index (χ3v) is 3.59. The summed E-state index contributed by atoms with van der Waals surface area (Å²) in [5, 5.41) is 9.34. The van der Waals surface area contributed by atoms with E-state index >= 15 is 0 Å². The number of hydrogen-bond acceptors (Lipinski definition) is 4. The largest absolute Gasteiger partial charge is 0.352 e. The van der Waals surface area contributed by atoms with Crippen LogP contribution in [0.15, 0.2) is 12.3 Å². The van der Waals surface area contributed by atoms with Crippen LogP contribution >= 0.6 is 11.6 Å². The molecule has 0 saturated carbocycles. The van der Waals surface area contributed by atoms with Gasteiger partial charge in [0.15, 0.2) is 11.6 Å². The van der Waals surface area contributed by atoms with Crippen molar-refractivity contribution in [3.63, 3.8) is 0 Å². The molecule has 1 aliphatic rings. The summed E-state index contributed by atoms with van der Waals surface area (Å²) in [6.07, 6.45) is 2.26. The van der Waals surface area contributed by atoms with E-state index in [4.69, 9.17) is 16.9 Å². The molecule has 1 unspecified atom stereocenters. The molecule has 0 spiro atoms. The van der Waals surface area contributed by atoms with Crippen molar-refractivity contribution >= 4 is 17.4 Å². The number of anilines is 1. The van der Waals surface area contributed by atoms with Crippen LogP contribution in [0.3, 0.4) is 0 Å². The average Bonchev–Trinajstić information content (AvgIpc) is 2.41. The number of halogens is 2. The predicted molar refractivity (Wildman–Crippen MR) is 72.7 cm³/mol. The normalized spacial score (nSPS) is 18.1. The number of nitriles is 1. The average molecular weight is 283 g/mol. The molecule has 0 aliphatic carbocycles. The Morgan fingerprint density at radius 3 is 2.68 bits per heavy atom. The minimum atomic E-state index is -0.395. The molecule has 0 N–H and O–H groups in total. The second kappa shape index (κ2) is 6.18. The van der Waals surface area contributed by atoms with Gasteiger partial charge < -0.3 is 4.90 Å². The molecule has 102 valence electrons. The van der Waals surface area contributed by atoms with Gasteiger partial charge in [0.2, 0.25) is 0 Å². The Bertz CT molecular complexity index is 480. The van der Waals surface area contributed by atoms with Gasteiger partial charge in [-0.2, -0.15) is 5.26 Å². The third-order valence-electron chi connectivity index (χ3n) is 3.38. The molecular weight excluding hydrogens is 267 g/mol. The van der Waals surface area contributed by atoms with Crippen molar-refractivity contribution in [3.05, 3.63) is 23.1 Å². The van der Waals surface area contributed by atoms with Crippen LogP contribution in [0.5, 0.6) is 0 Å². The first-order valence-electron chi connectivity index (χ1n) is 6.35. The number of hydrogen-bond donors (Lipinski definition) is 0. The molecule has 1 atom stereocenters. The summed E-state index contributed by atoms with van der Waals surface area (Å²) in [4.78, 5) is 8.07. The molecule has 0 radical (unpaired) electrons. The van der Waals surface area contributed by atoms with E-state index in [1.807, 2.05) is 11.8 Å². The lowest BCUT2D eigenvalue weighted by molar-refractivity contribution is 0.215. The summed E-state index contributed by atoms with van der Waals surface area (Å²) in [6, 6.07) is 3.52. The van der Waals surface area contributed by atoms with E-state index in [-0.39, 0.29) is 6.04 Å². The van der Waals surface area contributed by atoms with Crippen LogP contribution < -0.4 is 4.90 Å². The van der Waals surface area contributed by atoms with E-state index in [1.165, 1.54) is 12.3 Å². The minimum absolute atomic E-state index is 0.0508. The van der Waals surface area contributed by atoms with E-state index in [1.54, 1.807) is 0 Å². The Morgan fingerprint density at radius 2 is 2.16 bits per heavy atom. The molecule has 1 aromatic heterocycles. The lowest BCUT2D eigenvalue weighted by Gasteiger charge is -2.37. The summed E-state index contributed by atoms with van der Waals surface area (Å²) in [5.41, 5.74) is 0. The molecule has 6 heteroatoms. The van der Waals surface area contributed by atoms with Gasteiger partial charge in [0.1, 0.15) is 0 Å². The molecule has 2 heterocycles. The van der Waals surface area contributed by atoms with Gasteiger partial charge in [-0.25, -0.2) is 9.37 Å². The number of rotatable bonds is 3. The second-order valence-corrected chi connectivity index (χ2v) is 4.97. The lowest BCUT2D eigenvalue weighted by atomic mass is 10.2. The molecule has 1 aromatic rings. The van der Waals surface area contributed by atoms with Gasteiger partial charge in [-0.05, 0) is 12.5 Å². The van der Waals surface area contributed by atoms with Crippen molar-refractivity contribution in [1.82, 2.24) is 9.88 Å². The number of nitrogens with zero attached hydrogens (tertiary/aromatic N) is 4. The first-order valence-corrected chi connectivity index (χ1v) is 6.73. The molecular formula is C13H16ClFN4. The Hall–Kier alpha value is -1.38. The topological polar surface area (TPSA) is 43.2 Å². The molecule has 4 nitrogen and oxygen atoms in total. The van der Waals surface area contributed by atoms with E-state index in [0.29, 0.717) is 23.9 Å². The van der Waals surface area contributed by atoms with Gasteiger partial charge in [0.25, 0.3) is 0 Å². The van der Waals surface area contributed by atoms with E-state index in [2.05, 4.69) is 16.0 Å².